The zero-order chi connectivity index (χ0) is 21.7. The highest BCUT2D eigenvalue weighted by atomic mass is 32.1. The van der Waals surface area contributed by atoms with Crippen molar-refractivity contribution in [2.45, 2.75) is 12.7 Å². The van der Waals surface area contributed by atoms with Crippen LogP contribution in [0.2, 0.25) is 0 Å². The third-order valence-corrected chi connectivity index (χ3v) is 4.33. The van der Waals surface area contributed by atoms with Gasteiger partial charge in [-0.2, -0.15) is 13.2 Å². The first-order valence-electron chi connectivity index (χ1n) is 8.12. The third-order valence-electron chi connectivity index (χ3n) is 3.45. The fourth-order valence-electron chi connectivity index (χ4n) is 2.11. The van der Waals surface area contributed by atoms with E-state index in [1.807, 2.05) is 0 Å². The van der Waals surface area contributed by atoms with E-state index >= 15 is 0 Å². The number of rotatable bonds is 6. The van der Waals surface area contributed by atoms with E-state index in [1.54, 1.807) is 24.3 Å². The number of carbonyl (C=O) groups is 2. The molecule has 0 saturated heterocycles. The third kappa shape index (κ3) is 5.64. The minimum Gasteiger partial charge on any atom is -0.477 e. The number of ether oxygens (including phenoxy) is 1. The van der Waals surface area contributed by atoms with Crippen LogP contribution in [0.1, 0.15) is 21.1 Å². The predicted molar refractivity (Wildman–Crippen MR) is 98.5 cm³/mol. The number of aromatic nitrogens is 3. The monoisotopic (exact) mass is 439 g/mol. The number of anilines is 1. The number of aromatic carboxylic acids is 1. The Balaban J connectivity index is 1.52. The van der Waals surface area contributed by atoms with Crippen molar-refractivity contribution < 1.29 is 32.6 Å². The summed E-state index contributed by atoms with van der Waals surface area (Å²) in [6.07, 6.45) is -3.31. The summed E-state index contributed by atoms with van der Waals surface area (Å²) in [4.78, 5) is 26.4. The topological polar surface area (TPSA) is 126 Å². The largest absolute Gasteiger partial charge is 0.477 e. The Morgan fingerprint density at radius 1 is 1.10 bits per heavy atom. The molecule has 0 aliphatic rings. The van der Waals surface area contributed by atoms with E-state index in [9.17, 15) is 22.8 Å². The molecule has 156 valence electrons. The molecule has 13 heteroatoms. The lowest BCUT2D eigenvalue weighted by Crippen LogP contribution is -2.28. The van der Waals surface area contributed by atoms with Crippen LogP contribution in [0.25, 0.3) is 0 Å². The first-order chi connectivity index (χ1) is 14.2. The van der Waals surface area contributed by atoms with Gasteiger partial charge in [0.1, 0.15) is 11.5 Å². The van der Waals surface area contributed by atoms with Gasteiger partial charge in [-0.25, -0.2) is 14.6 Å². The molecule has 0 bridgehead atoms. The maximum Gasteiger partial charge on any atom is 0.445 e. The van der Waals surface area contributed by atoms with Crippen LogP contribution in [0.4, 0.5) is 23.1 Å². The highest BCUT2D eigenvalue weighted by Gasteiger charge is 2.35. The molecule has 0 unspecified atom stereocenters. The Morgan fingerprint density at radius 2 is 1.83 bits per heavy atom. The van der Waals surface area contributed by atoms with Gasteiger partial charge in [0.25, 0.3) is 0 Å². The van der Waals surface area contributed by atoms with Crippen molar-refractivity contribution in [2.75, 3.05) is 5.32 Å². The van der Waals surface area contributed by atoms with Gasteiger partial charge in [0, 0.05) is 18.8 Å². The average molecular weight is 439 g/mol. The fraction of sp³-hybridized carbons (Fsp3) is 0.118. The molecular weight excluding hydrogens is 427 g/mol. The summed E-state index contributed by atoms with van der Waals surface area (Å²) in [7, 11) is 0. The molecule has 0 aliphatic heterocycles. The summed E-state index contributed by atoms with van der Waals surface area (Å²) in [5.74, 6) is -0.453. The van der Waals surface area contributed by atoms with Crippen molar-refractivity contribution in [3.8, 4) is 11.5 Å². The second kappa shape index (κ2) is 8.73. The zero-order valence-electron chi connectivity index (χ0n) is 14.8. The number of carboxylic acids is 1. The molecule has 9 nitrogen and oxygen atoms in total. The van der Waals surface area contributed by atoms with Gasteiger partial charge in [0.05, 0.1) is 0 Å². The van der Waals surface area contributed by atoms with E-state index < -0.39 is 23.2 Å². The Bertz CT molecular complexity index is 1060. The van der Waals surface area contributed by atoms with Crippen LogP contribution in [-0.2, 0) is 12.7 Å². The van der Waals surface area contributed by atoms with E-state index in [1.165, 1.54) is 18.3 Å². The SMILES string of the molecule is O=C(NCc1ccc(Oc2ccnc(C(=O)O)c2)cc1)Nc1nnc(C(F)(F)F)s1. The summed E-state index contributed by atoms with van der Waals surface area (Å²) >= 11 is 0.218. The molecule has 0 atom stereocenters. The summed E-state index contributed by atoms with van der Waals surface area (Å²) < 4.78 is 43.0. The number of carboxylic acid groups (broad SMARTS) is 1. The van der Waals surface area contributed by atoms with Crippen molar-refractivity contribution in [3.05, 3.63) is 58.9 Å². The van der Waals surface area contributed by atoms with Crippen molar-refractivity contribution >= 4 is 28.5 Å². The number of hydrogen-bond acceptors (Lipinski definition) is 7. The first kappa shape index (κ1) is 21.0. The van der Waals surface area contributed by atoms with Gasteiger partial charge in [0.2, 0.25) is 10.1 Å². The molecule has 1 aromatic carbocycles. The summed E-state index contributed by atoms with van der Waals surface area (Å²) in [6, 6.07) is 8.57. The molecule has 3 N–H and O–H groups in total. The van der Waals surface area contributed by atoms with Crippen LogP contribution < -0.4 is 15.4 Å². The normalized spacial score (nSPS) is 11.0. The number of pyridine rings is 1. The number of nitrogens with one attached hydrogen (secondary N) is 2. The minimum absolute atomic E-state index is 0.0927. The molecule has 0 aliphatic carbocycles. The molecule has 3 aromatic rings. The molecular formula is C17H12F3N5O4S. The van der Waals surface area contributed by atoms with Crippen molar-refractivity contribution in [1.82, 2.24) is 20.5 Å². The van der Waals surface area contributed by atoms with Crippen LogP contribution >= 0.6 is 11.3 Å². The standard InChI is InChI=1S/C17H12F3N5O4S/c18-17(19,20)14-24-25-16(30-14)23-15(28)22-8-9-1-3-10(4-2-9)29-11-5-6-21-12(7-11)13(26)27/h1-7H,8H2,(H,26,27)(H2,22,23,25,28). The van der Waals surface area contributed by atoms with Crippen LogP contribution in [0.5, 0.6) is 11.5 Å². The van der Waals surface area contributed by atoms with Crippen molar-refractivity contribution in [3.63, 3.8) is 0 Å². The van der Waals surface area contributed by atoms with E-state index in [-0.39, 0.29) is 28.7 Å². The Kier molecular flexibility index (Phi) is 6.11. The second-order valence-corrected chi connectivity index (χ2v) is 6.62. The average Bonchev–Trinajstić information content (AvgIpc) is 3.16. The maximum atomic E-state index is 12.5. The number of hydrogen-bond donors (Lipinski definition) is 3. The molecule has 2 amide bonds. The predicted octanol–water partition coefficient (Wildman–Crippen LogP) is 3.76. The van der Waals surface area contributed by atoms with Crippen LogP contribution in [0, 0.1) is 0 Å². The van der Waals surface area contributed by atoms with Gasteiger partial charge in [-0.05, 0) is 23.8 Å². The molecule has 0 fully saturated rings. The second-order valence-electron chi connectivity index (χ2n) is 5.65. The maximum absolute atomic E-state index is 12.5. The van der Waals surface area contributed by atoms with Gasteiger partial charge in [-0.15, -0.1) is 10.2 Å². The first-order valence-corrected chi connectivity index (χ1v) is 8.94. The fourth-order valence-corrected chi connectivity index (χ4v) is 2.72. The molecule has 3 rings (SSSR count). The zero-order valence-corrected chi connectivity index (χ0v) is 15.6. The number of alkyl halides is 3. The summed E-state index contributed by atoms with van der Waals surface area (Å²) in [6.45, 7) is 0.0927. The Morgan fingerprint density at radius 3 is 2.47 bits per heavy atom. The number of amides is 2. The van der Waals surface area contributed by atoms with E-state index in [2.05, 4.69) is 25.8 Å². The summed E-state index contributed by atoms with van der Waals surface area (Å²) in [5, 5.41) is 18.4. The van der Waals surface area contributed by atoms with E-state index in [0.717, 1.165) is 0 Å². The number of halogens is 3. The Hall–Kier alpha value is -3.74. The van der Waals surface area contributed by atoms with Crippen molar-refractivity contribution in [1.29, 1.82) is 0 Å². The van der Waals surface area contributed by atoms with Gasteiger partial charge in [0.15, 0.2) is 5.69 Å². The van der Waals surface area contributed by atoms with Gasteiger partial charge in [-0.1, -0.05) is 23.5 Å². The van der Waals surface area contributed by atoms with Crippen molar-refractivity contribution in [2.24, 2.45) is 0 Å². The van der Waals surface area contributed by atoms with E-state index in [0.29, 0.717) is 17.1 Å². The number of nitrogens with zero attached hydrogens (tertiary/aromatic N) is 3. The molecule has 0 saturated carbocycles. The highest BCUT2D eigenvalue weighted by molar-refractivity contribution is 7.15. The molecule has 0 spiro atoms. The lowest BCUT2D eigenvalue weighted by Gasteiger charge is -2.08. The molecule has 0 radical (unpaired) electrons. The van der Waals surface area contributed by atoms with Gasteiger partial charge < -0.3 is 15.2 Å². The lowest BCUT2D eigenvalue weighted by molar-refractivity contribution is -0.138. The minimum atomic E-state index is -4.62. The number of carbonyl (C=O) groups excluding carboxylic acids is 1. The lowest BCUT2D eigenvalue weighted by atomic mass is 10.2. The molecule has 2 aromatic heterocycles. The van der Waals surface area contributed by atoms with Gasteiger partial charge in [-0.3, -0.25) is 5.32 Å². The summed E-state index contributed by atoms with van der Waals surface area (Å²) in [5.41, 5.74) is 0.531. The van der Waals surface area contributed by atoms with E-state index in [4.69, 9.17) is 9.84 Å². The Labute approximate surface area is 170 Å². The van der Waals surface area contributed by atoms with Gasteiger partial charge >= 0.3 is 18.2 Å². The molecule has 2 heterocycles. The van der Waals surface area contributed by atoms with Crippen LogP contribution in [0.15, 0.2) is 42.6 Å². The quantitative estimate of drug-likeness (QED) is 0.534. The van der Waals surface area contributed by atoms with Crippen LogP contribution in [0.3, 0.4) is 0 Å². The number of benzene rings is 1. The van der Waals surface area contributed by atoms with Crippen LogP contribution in [-0.4, -0.2) is 32.3 Å². The molecule has 30 heavy (non-hydrogen) atoms. The smallest absolute Gasteiger partial charge is 0.445 e. The highest BCUT2D eigenvalue weighted by Crippen LogP contribution is 2.32. The number of urea groups is 1.